The zero-order valence-corrected chi connectivity index (χ0v) is 12.1. The van der Waals surface area contributed by atoms with Crippen LogP contribution >= 0.6 is 0 Å². The molecule has 1 saturated heterocycles. The van der Waals surface area contributed by atoms with E-state index in [-0.39, 0.29) is 0 Å². The van der Waals surface area contributed by atoms with Crippen LogP contribution in [0.2, 0.25) is 0 Å². The first kappa shape index (κ1) is 13.5. The van der Waals surface area contributed by atoms with Crippen LogP contribution in [0.3, 0.4) is 0 Å². The number of hydrogen-bond acceptors (Lipinski definition) is 3. The number of ether oxygens (including phenoxy) is 1. The van der Waals surface area contributed by atoms with Crippen molar-refractivity contribution in [2.45, 2.75) is 26.4 Å². The first-order valence-electron chi connectivity index (χ1n) is 7.46. The zero-order chi connectivity index (χ0) is 13.8. The molecule has 2 heterocycles. The third-order valence-electron chi connectivity index (χ3n) is 4.02. The predicted octanol–water partition coefficient (Wildman–Crippen LogP) is 3.06. The molecule has 3 nitrogen and oxygen atoms in total. The van der Waals surface area contributed by atoms with E-state index in [1.54, 1.807) is 0 Å². The van der Waals surface area contributed by atoms with E-state index in [9.17, 15) is 0 Å². The Hall–Kier alpha value is -1.45. The molecular formula is C17H22N2O. The van der Waals surface area contributed by atoms with Crippen LogP contribution < -0.4 is 5.32 Å². The highest BCUT2D eigenvalue weighted by Crippen LogP contribution is 2.19. The van der Waals surface area contributed by atoms with Gasteiger partial charge in [0.1, 0.15) is 0 Å². The fraction of sp³-hybridized carbons (Fsp3) is 0.471. The lowest BCUT2D eigenvalue weighted by molar-refractivity contribution is 0.110. The molecule has 0 radical (unpaired) electrons. The summed E-state index contributed by atoms with van der Waals surface area (Å²) in [6.45, 7) is 5.89. The molecule has 1 aliphatic rings. The fourth-order valence-corrected chi connectivity index (χ4v) is 2.91. The fourth-order valence-electron chi connectivity index (χ4n) is 2.91. The lowest BCUT2D eigenvalue weighted by atomic mass is 10.1. The van der Waals surface area contributed by atoms with E-state index in [2.05, 4.69) is 34.6 Å². The van der Waals surface area contributed by atoms with E-state index < -0.39 is 0 Å². The van der Waals surface area contributed by atoms with Gasteiger partial charge in [0.2, 0.25) is 0 Å². The summed E-state index contributed by atoms with van der Waals surface area (Å²) in [6, 6.07) is 10.4. The number of para-hydroxylation sites is 1. The summed E-state index contributed by atoms with van der Waals surface area (Å²) < 4.78 is 5.89. The van der Waals surface area contributed by atoms with Gasteiger partial charge in [0.15, 0.2) is 0 Å². The van der Waals surface area contributed by atoms with Crippen LogP contribution in [0.1, 0.15) is 24.1 Å². The minimum atomic E-state index is 0.685. The van der Waals surface area contributed by atoms with Crippen LogP contribution in [0.5, 0.6) is 0 Å². The van der Waals surface area contributed by atoms with E-state index in [1.165, 1.54) is 23.9 Å². The molecule has 0 amide bonds. The van der Waals surface area contributed by atoms with Crippen molar-refractivity contribution < 1.29 is 4.74 Å². The molecule has 20 heavy (non-hydrogen) atoms. The zero-order valence-electron chi connectivity index (χ0n) is 12.1. The SMILES string of the molecule is Cc1cc(COCCC2CCNC2)c2ccccc2n1. The van der Waals surface area contributed by atoms with Gasteiger partial charge >= 0.3 is 0 Å². The maximum absolute atomic E-state index is 5.89. The van der Waals surface area contributed by atoms with Gasteiger partial charge in [-0.15, -0.1) is 0 Å². The Morgan fingerprint density at radius 3 is 3.10 bits per heavy atom. The standard InChI is InChI=1S/C17H22N2O/c1-13-10-15(16-4-2-3-5-17(16)19-13)12-20-9-7-14-6-8-18-11-14/h2-5,10,14,18H,6-9,11-12H2,1H3. The normalized spacial score (nSPS) is 18.8. The van der Waals surface area contributed by atoms with Gasteiger partial charge in [-0.2, -0.15) is 0 Å². The number of rotatable bonds is 5. The number of aromatic nitrogens is 1. The molecule has 0 spiro atoms. The number of aryl methyl sites for hydroxylation is 1. The highest BCUT2D eigenvalue weighted by molar-refractivity contribution is 5.82. The lowest BCUT2D eigenvalue weighted by Gasteiger charge is -2.11. The Bertz CT molecular complexity index is 576. The van der Waals surface area contributed by atoms with Crippen LogP contribution in [-0.2, 0) is 11.3 Å². The molecule has 0 aliphatic carbocycles. The molecule has 1 N–H and O–H groups in total. The predicted molar refractivity (Wildman–Crippen MR) is 81.7 cm³/mol. The topological polar surface area (TPSA) is 34.1 Å². The van der Waals surface area contributed by atoms with Crippen molar-refractivity contribution in [2.75, 3.05) is 19.7 Å². The van der Waals surface area contributed by atoms with Gasteiger partial charge in [0, 0.05) is 17.7 Å². The van der Waals surface area contributed by atoms with Crippen molar-refractivity contribution in [2.24, 2.45) is 5.92 Å². The Morgan fingerprint density at radius 1 is 1.35 bits per heavy atom. The first-order chi connectivity index (χ1) is 9.83. The minimum Gasteiger partial charge on any atom is -0.377 e. The van der Waals surface area contributed by atoms with Crippen molar-refractivity contribution in [1.82, 2.24) is 10.3 Å². The number of nitrogens with zero attached hydrogens (tertiary/aromatic N) is 1. The highest BCUT2D eigenvalue weighted by atomic mass is 16.5. The second-order valence-electron chi connectivity index (χ2n) is 5.64. The number of fused-ring (bicyclic) bond motifs is 1. The van der Waals surface area contributed by atoms with Gasteiger partial charge in [-0.3, -0.25) is 4.98 Å². The Balaban J connectivity index is 1.61. The summed E-state index contributed by atoms with van der Waals surface area (Å²) in [4.78, 5) is 4.56. The summed E-state index contributed by atoms with van der Waals surface area (Å²) in [5, 5.41) is 4.61. The van der Waals surface area contributed by atoms with Crippen LogP contribution in [-0.4, -0.2) is 24.7 Å². The van der Waals surface area contributed by atoms with Gasteiger partial charge < -0.3 is 10.1 Å². The molecule has 1 unspecified atom stereocenters. The molecule has 1 aromatic carbocycles. The molecule has 0 bridgehead atoms. The first-order valence-corrected chi connectivity index (χ1v) is 7.46. The van der Waals surface area contributed by atoms with E-state index in [0.29, 0.717) is 6.61 Å². The molecular weight excluding hydrogens is 248 g/mol. The molecule has 1 fully saturated rings. The number of pyridine rings is 1. The third kappa shape index (κ3) is 3.17. The Labute approximate surface area is 120 Å². The van der Waals surface area contributed by atoms with Crippen molar-refractivity contribution in [3.63, 3.8) is 0 Å². The van der Waals surface area contributed by atoms with E-state index in [4.69, 9.17) is 4.74 Å². The second-order valence-corrected chi connectivity index (χ2v) is 5.64. The number of benzene rings is 1. The van der Waals surface area contributed by atoms with Crippen molar-refractivity contribution >= 4 is 10.9 Å². The second kappa shape index (κ2) is 6.33. The van der Waals surface area contributed by atoms with Gasteiger partial charge in [-0.25, -0.2) is 0 Å². The minimum absolute atomic E-state index is 0.685. The van der Waals surface area contributed by atoms with E-state index in [1.807, 2.05) is 13.0 Å². The monoisotopic (exact) mass is 270 g/mol. The average molecular weight is 270 g/mol. The molecule has 106 valence electrons. The van der Waals surface area contributed by atoms with Gasteiger partial charge in [0.25, 0.3) is 0 Å². The molecule has 1 aromatic heterocycles. The van der Waals surface area contributed by atoms with Crippen LogP contribution in [0, 0.1) is 12.8 Å². The molecule has 2 aromatic rings. The largest absolute Gasteiger partial charge is 0.377 e. The summed E-state index contributed by atoms with van der Waals surface area (Å²) in [5.41, 5.74) is 3.37. The smallest absolute Gasteiger partial charge is 0.0724 e. The molecule has 3 heteroatoms. The van der Waals surface area contributed by atoms with Gasteiger partial charge in [-0.05, 0) is 56.5 Å². The number of nitrogens with one attached hydrogen (secondary N) is 1. The maximum atomic E-state index is 5.89. The Morgan fingerprint density at radius 2 is 2.25 bits per heavy atom. The van der Waals surface area contributed by atoms with E-state index in [0.717, 1.165) is 36.7 Å². The van der Waals surface area contributed by atoms with Crippen molar-refractivity contribution in [1.29, 1.82) is 0 Å². The molecule has 3 rings (SSSR count). The highest BCUT2D eigenvalue weighted by Gasteiger charge is 2.13. The van der Waals surface area contributed by atoms with Crippen molar-refractivity contribution in [3.8, 4) is 0 Å². The molecule has 1 aliphatic heterocycles. The summed E-state index contributed by atoms with van der Waals surface area (Å²) in [7, 11) is 0. The van der Waals surface area contributed by atoms with Crippen LogP contribution in [0.4, 0.5) is 0 Å². The summed E-state index contributed by atoms with van der Waals surface area (Å²) >= 11 is 0. The lowest BCUT2D eigenvalue weighted by Crippen LogP contribution is -2.10. The number of hydrogen-bond donors (Lipinski definition) is 1. The third-order valence-corrected chi connectivity index (χ3v) is 4.02. The summed E-state index contributed by atoms with van der Waals surface area (Å²) in [6.07, 6.45) is 2.45. The van der Waals surface area contributed by atoms with Crippen LogP contribution in [0.25, 0.3) is 10.9 Å². The quantitative estimate of drug-likeness (QED) is 0.848. The van der Waals surface area contributed by atoms with Gasteiger partial charge in [0.05, 0.1) is 12.1 Å². The van der Waals surface area contributed by atoms with Gasteiger partial charge in [-0.1, -0.05) is 18.2 Å². The van der Waals surface area contributed by atoms with Crippen LogP contribution in [0.15, 0.2) is 30.3 Å². The Kier molecular flexibility index (Phi) is 4.28. The molecule has 0 saturated carbocycles. The average Bonchev–Trinajstić information content (AvgIpc) is 2.96. The molecule has 1 atom stereocenters. The van der Waals surface area contributed by atoms with E-state index >= 15 is 0 Å². The van der Waals surface area contributed by atoms with Crippen molar-refractivity contribution in [3.05, 3.63) is 41.6 Å². The maximum Gasteiger partial charge on any atom is 0.0724 e. The summed E-state index contributed by atoms with van der Waals surface area (Å²) in [5.74, 6) is 0.797.